The topological polar surface area (TPSA) is 94.2 Å². The van der Waals surface area contributed by atoms with Gasteiger partial charge < -0.3 is 25.2 Å². The van der Waals surface area contributed by atoms with Crippen molar-refractivity contribution in [3.8, 4) is 5.75 Å². The van der Waals surface area contributed by atoms with Crippen LogP contribution in [-0.4, -0.2) is 72.8 Å². The van der Waals surface area contributed by atoms with Gasteiger partial charge in [0.05, 0.1) is 13.2 Å². The number of benzene rings is 2. The van der Waals surface area contributed by atoms with E-state index in [0.29, 0.717) is 0 Å². The van der Waals surface area contributed by atoms with Crippen molar-refractivity contribution in [1.29, 1.82) is 0 Å². The third-order valence-electron chi connectivity index (χ3n) is 5.75. The zero-order valence-electron chi connectivity index (χ0n) is 17.6. The van der Waals surface area contributed by atoms with Crippen LogP contribution in [-0.2, 0) is 4.79 Å². The maximum absolute atomic E-state index is 13.0. The first-order valence-electron chi connectivity index (χ1n) is 9.95. The fraction of sp³-hybridized carbons (Fsp3) is 0.318. The fourth-order valence-corrected chi connectivity index (χ4v) is 4.10. The molecule has 9 nitrogen and oxygen atoms in total. The van der Waals surface area contributed by atoms with Crippen molar-refractivity contribution < 1.29 is 19.1 Å². The van der Waals surface area contributed by atoms with Gasteiger partial charge in [0.2, 0.25) is 5.91 Å². The van der Waals surface area contributed by atoms with Crippen LogP contribution in [0.5, 0.6) is 5.75 Å². The first kappa shape index (κ1) is 20.5. The summed E-state index contributed by atoms with van der Waals surface area (Å²) >= 11 is 0. The van der Waals surface area contributed by atoms with Gasteiger partial charge in [-0.25, -0.2) is 9.59 Å². The number of likely N-dealkylation sites (N-methyl/N-ethyl adjacent to an activating group) is 2. The van der Waals surface area contributed by atoms with E-state index < -0.39 is 18.4 Å². The molecule has 0 aromatic heterocycles. The Balaban J connectivity index is 1.54. The third-order valence-corrected chi connectivity index (χ3v) is 5.75. The van der Waals surface area contributed by atoms with Crippen LogP contribution in [0.2, 0.25) is 0 Å². The van der Waals surface area contributed by atoms with Gasteiger partial charge in [-0.2, -0.15) is 0 Å². The monoisotopic (exact) mass is 423 g/mol. The van der Waals surface area contributed by atoms with Gasteiger partial charge in [0.25, 0.3) is 0 Å². The molecule has 2 fully saturated rings. The molecule has 0 aliphatic carbocycles. The number of ether oxygens (including phenoxy) is 1. The highest BCUT2D eigenvalue weighted by Crippen LogP contribution is 2.27. The van der Waals surface area contributed by atoms with Crippen molar-refractivity contribution in [3.63, 3.8) is 0 Å². The van der Waals surface area contributed by atoms with Crippen LogP contribution in [0.15, 0.2) is 54.6 Å². The Kier molecular flexibility index (Phi) is 5.41. The molecule has 31 heavy (non-hydrogen) atoms. The highest BCUT2D eigenvalue weighted by Gasteiger charge is 2.52. The number of hydrogen-bond acceptors (Lipinski definition) is 4. The second-order valence-corrected chi connectivity index (χ2v) is 7.62. The quantitative estimate of drug-likeness (QED) is 0.738. The Bertz CT molecular complexity index is 981. The van der Waals surface area contributed by atoms with Crippen LogP contribution in [0, 0.1) is 0 Å². The molecule has 2 aliphatic heterocycles. The normalized spacial score (nSPS) is 21.1. The van der Waals surface area contributed by atoms with Crippen LogP contribution in [0.25, 0.3) is 0 Å². The second kappa shape index (κ2) is 8.17. The summed E-state index contributed by atoms with van der Waals surface area (Å²) in [4.78, 5) is 42.0. The van der Waals surface area contributed by atoms with Crippen molar-refractivity contribution in [2.24, 2.45) is 0 Å². The van der Waals surface area contributed by atoms with Gasteiger partial charge in [-0.3, -0.25) is 9.69 Å². The zero-order chi connectivity index (χ0) is 22.1. The summed E-state index contributed by atoms with van der Waals surface area (Å²) in [7, 11) is 4.85. The molecule has 3 atom stereocenters. The second-order valence-electron chi connectivity index (χ2n) is 7.62. The van der Waals surface area contributed by atoms with Crippen molar-refractivity contribution >= 4 is 18.0 Å². The summed E-state index contributed by atoms with van der Waals surface area (Å²) in [5, 5.41) is 5.80. The molecule has 0 bridgehead atoms. The molecule has 2 aromatic carbocycles. The van der Waals surface area contributed by atoms with Crippen molar-refractivity contribution in [1.82, 2.24) is 25.3 Å². The lowest BCUT2D eigenvalue weighted by Crippen LogP contribution is -2.49. The predicted octanol–water partition coefficient (Wildman–Crippen LogP) is 1.58. The number of carbonyl (C=O) groups excluding carboxylic acids is 3. The molecule has 4 rings (SSSR count). The number of amides is 5. The first-order chi connectivity index (χ1) is 14.9. The van der Waals surface area contributed by atoms with Crippen LogP contribution in [0.4, 0.5) is 9.59 Å². The molecular formula is C22H25N5O4. The minimum Gasteiger partial charge on any atom is -0.497 e. The summed E-state index contributed by atoms with van der Waals surface area (Å²) in [6.45, 7) is -0.169. The van der Waals surface area contributed by atoms with E-state index in [4.69, 9.17) is 4.74 Å². The molecule has 2 aliphatic rings. The van der Waals surface area contributed by atoms with Gasteiger partial charge in [0, 0.05) is 14.1 Å². The summed E-state index contributed by atoms with van der Waals surface area (Å²) in [6.07, 6.45) is -1.02. The fourth-order valence-electron chi connectivity index (χ4n) is 4.10. The molecule has 162 valence electrons. The van der Waals surface area contributed by atoms with E-state index in [2.05, 4.69) is 10.6 Å². The lowest BCUT2D eigenvalue weighted by molar-refractivity contribution is -0.122. The average molecular weight is 423 g/mol. The van der Waals surface area contributed by atoms with Crippen LogP contribution in [0.3, 0.4) is 0 Å². The number of methoxy groups -OCH3 is 1. The summed E-state index contributed by atoms with van der Waals surface area (Å²) in [5.41, 5.74) is 1.80. The Labute approximate surface area is 180 Å². The summed E-state index contributed by atoms with van der Waals surface area (Å²) in [5.74, 6) is 0.399. The predicted molar refractivity (Wildman–Crippen MR) is 113 cm³/mol. The van der Waals surface area contributed by atoms with E-state index >= 15 is 0 Å². The van der Waals surface area contributed by atoms with E-state index in [-0.39, 0.29) is 24.5 Å². The molecule has 2 heterocycles. The molecule has 5 amide bonds. The maximum atomic E-state index is 13.0. The molecule has 0 unspecified atom stereocenters. The van der Waals surface area contributed by atoms with E-state index in [1.807, 2.05) is 54.6 Å². The average Bonchev–Trinajstić information content (AvgIpc) is 3.22. The number of nitrogens with one attached hydrogen (secondary N) is 2. The zero-order valence-corrected chi connectivity index (χ0v) is 17.6. The molecule has 2 aromatic rings. The Hall–Kier alpha value is -3.75. The summed E-state index contributed by atoms with van der Waals surface area (Å²) in [6, 6.07) is 16.1. The minimum absolute atomic E-state index is 0.169. The maximum Gasteiger partial charge on any atom is 0.323 e. The van der Waals surface area contributed by atoms with Crippen LogP contribution in [0.1, 0.15) is 17.2 Å². The number of fused-ring (bicyclic) bond motifs is 1. The van der Waals surface area contributed by atoms with E-state index in [1.165, 1.54) is 14.7 Å². The van der Waals surface area contributed by atoms with Gasteiger partial charge in [0.15, 0.2) is 0 Å². The highest BCUT2D eigenvalue weighted by molar-refractivity contribution is 5.89. The first-order valence-corrected chi connectivity index (χ1v) is 9.95. The molecule has 2 N–H and O–H groups in total. The summed E-state index contributed by atoms with van der Waals surface area (Å²) < 4.78 is 5.23. The molecule has 0 saturated carbocycles. The molecule has 0 radical (unpaired) electrons. The standard InChI is InChI=1S/C22H25N5O4/c1-25-19-20(26(2)22(25)30)27(21(29)24-19)13-17(28)23-18(14-7-5-4-6-8-14)15-9-11-16(31-3)12-10-15/h4-12,18-20H,13H2,1-3H3,(H,23,28)(H,24,29)/t18-,19+,20+/m1/s1. The number of nitrogens with zero attached hydrogens (tertiary/aromatic N) is 3. The van der Waals surface area contributed by atoms with Gasteiger partial charge in [-0.15, -0.1) is 0 Å². The van der Waals surface area contributed by atoms with Crippen LogP contribution < -0.4 is 15.4 Å². The molecule has 0 spiro atoms. The van der Waals surface area contributed by atoms with E-state index in [0.717, 1.165) is 16.9 Å². The smallest absolute Gasteiger partial charge is 0.323 e. The van der Waals surface area contributed by atoms with Gasteiger partial charge in [-0.05, 0) is 23.3 Å². The SMILES string of the molecule is COc1ccc([C@H](NC(=O)CN2C(=O)N[C@@H]3[C@H]2N(C)C(=O)N3C)c2ccccc2)cc1. The van der Waals surface area contributed by atoms with Gasteiger partial charge >= 0.3 is 12.1 Å². The lowest BCUT2D eigenvalue weighted by Gasteiger charge is -2.27. The number of rotatable bonds is 6. The number of hydrogen-bond donors (Lipinski definition) is 2. The van der Waals surface area contributed by atoms with Crippen molar-refractivity contribution in [3.05, 3.63) is 65.7 Å². The van der Waals surface area contributed by atoms with Crippen molar-refractivity contribution in [2.45, 2.75) is 18.4 Å². The van der Waals surface area contributed by atoms with E-state index in [1.54, 1.807) is 21.2 Å². The Morgan fingerprint density at radius 2 is 1.68 bits per heavy atom. The van der Waals surface area contributed by atoms with Gasteiger partial charge in [-0.1, -0.05) is 42.5 Å². The van der Waals surface area contributed by atoms with Gasteiger partial charge in [0.1, 0.15) is 24.6 Å². The molecule has 9 heteroatoms. The molecular weight excluding hydrogens is 398 g/mol. The molecule has 2 saturated heterocycles. The minimum atomic E-state index is -0.535. The lowest BCUT2D eigenvalue weighted by atomic mass is 9.98. The highest BCUT2D eigenvalue weighted by atomic mass is 16.5. The Morgan fingerprint density at radius 3 is 2.32 bits per heavy atom. The number of urea groups is 2. The van der Waals surface area contributed by atoms with Crippen molar-refractivity contribution in [2.75, 3.05) is 27.7 Å². The van der Waals surface area contributed by atoms with Crippen LogP contribution >= 0.6 is 0 Å². The third kappa shape index (κ3) is 3.74. The Morgan fingerprint density at radius 1 is 1.03 bits per heavy atom. The van der Waals surface area contributed by atoms with E-state index in [9.17, 15) is 14.4 Å². The number of carbonyl (C=O) groups is 3. The largest absolute Gasteiger partial charge is 0.497 e.